The van der Waals surface area contributed by atoms with Crippen molar-refractivity contribution in [1.82, 2.24) is 0 Å². The maximum atomic E-state index is 11.4. The summed E-state index contributed by atoms with van der Waals surface area (Å²) in [5.74, 6) is 0. The minimum Gasteiger partial charge on any atom is -0.225 e. The molecular formula is C24H43NO2S. The highest BCUT2D eigenvalue weighted by Crippen LogP contribution is 2.15. The Hall–Kier alpha value is -0.870. The zero-order chi connectivity index (χ0) is 20.5. The number of unbranched alkanes of at least 4 members (excludes halogenated alkanes) is 15. The van der Waals surface area contributed by atoms with Crippen LogP contribution in [0.4, 0.5) is 0 Å². The molecule has 0 fully saturated rings. The van der Waals surface area contributed by atoms with Gasteiger partial charge in [0.25, 0.3) is 0 Å². The molecule has 162 valence electrons. The predicted octanol–water partition coefficient (Wildman–Crippen LogP) is 7.14. The van der Waals surface area contributed by atoms with E-state index >= 15 is 0 Å². The van der Waals surface area contributed by atoms with Crippen molar-refractivity contribution in [3.05, 3.63) is 29.8 Å². The molecular weight excluding hydrogens is 366 g/mol. The molecule has 0 amide bonds. The molecule has 0 spiro atoms. The van der Waals surface area contributed by atoms with Gasteiger partial charge in [0.15, 0.2) is 0 Å². The first-order valence-electron chi connectivity index (χ1n) is 11.7. The lowest BCUT2D eigenvalue weighted by molar-refractivity contribution is 0.529. The molecule has 0 saturated heterocycles. The molecule has 0 aliphatic heterocycles. The molecule has 0 heterocycles. The molecule has 0 radical (unpaired) electrons. The Balaban J connectivity index is 1.88. The fourth-order valence-electron chi connectivity index (χ4n) is 3.76. The molecule has 1 rings (SSSR count). The van der Waals surface area contributed by atoms with Crippen LogP contribution in [-0.4, -0.2) is 8.42 Å². The number of aryl methyl sites for hydroxylation is 1. The van der Waals surface area contributed by atoms with Crippen LogP contribution in [0.2, 0.25) is 0 Å². The maximum Gasteiger partial charge on any atom is 0.238 e. The largest absolute Gasteiger partial charge is 0.238 e. The van der Waals surface area contributed by atoms with Gasteiger partial charge in [0.1, 0.15) is 0 Å². The number of rotatable bonds is 18. The maximum absolute atomic E-state index is 11.4. The van der Waals surface area contributed by atoms with Crippen molar-refractivity contribution in [2.24, 2.45) is 5.14 Å². The van der Waals surface area contributed by atoms with Gasteiger partial charge in [-0.15, -0.1) is 0 Å². The van der Waals surface area contributed by atoms with Crippen LogP contribution in [0.1, 0.15) is 115 Å². The van der Waals surface area contributed by atoms with Crippen LogP contribution >= 0.6 is 0 Å². The molecule has 0 aliphatic rings. The Morgan fingerprint density at radius 2 is 1.11 bits per heavy atom. The van der Waals surface area contributed by atoms with Crippen molar-refractivity contribution in [3.63, 3.8) is 0 Å². The van der Waals surface area contributed by atoms with Gasteiger partial charge in [-0.25, -0.2) is 13.6 Å². The third kappa shape index (κ3) is 13.3. The van der Waals surface area contributed by atoms with Crippen LogP contribution in [0.3, 0.4) is 0 Å². The van der Waals surface area contributed by atoms with E-state index in [1.807, 2.05) is 6.07 Å². The van der Waals surface area contributed by atoms with E-state index in [2.05, 4.69) is 6.92 Å². The summed E-state index contributed by atoms with van der Waals surface area (Å²) in [6.45, 7) is 2.28. The number of primary sulfonamides is 1. The van der Waals surface area contributed by atoms with E-state index in [1.54, 1.807) is 18.2 Å². The number of hydrogen-bond acceptors (Lipinski definition) is 2. The Bertz CT molecular complexity index is 598. The fraction of sp³-hybridized carbons (Fsp3) is 0.750. The summed E-state index contributed by atoms with van der Waals surface area (Å²) < 4.78 is 22.8. The van der Waals surface area contributed by atoms with Crippen LogP contribution in [0.25, 0.3) is 0 Å². The minimum atomic E-state index is -3.59. The van der Waals surface area contributed by atoms with Gasteiger partial charge in [0.05, 0.1) is 4.90 Å². The van der Waals surface area contributed by atoms with Gasteiger partial charge in [-0.1, -0.05) is 115 Å². The Kier molecular flexibility index (Phi) is 14.4. The topological polar surface area (TPSA) is 60.2 Å². The van der Waals surface area contributed by atoms with Crippen molar-refractivity contribution in [3.8, 4) is 0 Å². The highest BCUT2D eigenvalue weighted by atomic mass is 32.2. The van der Waals surface area contributed by atoms with E-state index in [9.17, 15) is 8.42 Å². The summed E-state index contributed by atoms with van der Waals surface area (Å²) >= 11 is 0. The molecule has 0 atom stereocenters. The van der Waals surface area contributed by atoms with Crippen molar-refractivity contribution < 1.29 is 8.42 Å². The van der Waals surface area contributed by atoms with E-state index in [0.29, 0.717) is 0 Å². The van der Waals surface area contributed by atoms with Gasteiger partial charge in [0, 0.05) is 0 Å². The second-order valence-corrected chi connectivity index (χ2v) is 9.81. The van der Waals surface area contributed by atoms with Gasteiger partial charge < -0.3 is 0 Å². The van der Waals surface area contributed by atoms with Crippen LogP contribution in [0, 0.1) is 0 Å². The second-order valence-electron chi connectivity index (χ2n) is 8.25. The Labute approximate surface area is 174 Å². The van der Waals surface area contributed by atoms with E-state index in [0.717, 1.165) is 18.4 Å². The highest BCUT2D eigenvalue weighted by molar-refractivity contribution is 7.89. The monoisotopic (exact) mass is 409 g/mol. The van der Waals surface area contributed by atoms with Crippen molar-refractivity contribution in [2.45, 2.75) is 121 Å². The SMILES string of the molecule is CCCCCCCCCCCCCCCCCCc1cccc(S(N)(=O)=O)c1. The smallest absolute Gasteiger partial charge is 0.225 e. The van der Waals surface area contributed by atoms with Crippen LogP contribution in [0.5, 0.6) is 0 Å². The highest BCUT2D eigenvalue weighted by Gasteiger charge is 2.07. The van der Waals surface area contributed by atoms with Crippen molar-refractivity contribution in [2.75, 3.05) is 0 Å². The summed E-state index contributed by atoms with van der Waals surface area (Å²) in [6, 6.07) is 7.04. The lowest BCUT2D eigenvalue weighted by Gasteiger charge is -2.05. The lowest BCUT2D eigenvalue weighted by atomic mass is 10.0. The number of benzene rings is 1. The standard InChI is InChI=1S/C24H43NO2S/c1-2-3-4-5-6-7-8-9-10-11-12-13-14-15-16-17-19-23-20-18-21-24(22-23)28(25,26)27/h18,20-22H,2-17,19H2,1H3,(H2,25,26,27). The number of sulfonamides is 1. The molecule has 0 unspecified atom stereocenters. The normalized spacial score (nSPS) is 11.8. The van der Waals surface area contributed by atoms with Gasteiger partial charge in [0.2, 0.25) is 10.0 Å². The molecule has 0 aromatic heterocycles. The zero-order valence-corrected chi connectivity index (χ0v) is 18.9. The van der Waals surface area contributed by atoms with Gasteiger partial charge in [-0.3, -0.25) is 0 Å². The Morgan fingerprint density at radius 1 is 0.679 bits per heavy atom. The van der Waals surface area contributed by atoms with Crippen LogP contribution in [0.15, 0.2) is 29.2 Å². The van der Waals surface area contributed by atoms with E-state index in [1.165, 1.54) is 96.3 Å². The van der Waals surface area contributed by atoms with Crippen LogP contribution < -0.4 is 5.14 Å². The van der Waals surface area contributed by atoms with Crippen LogP contribution in [-0.2, 0) is 16.4 Å². The second kappa shape index (κ2) is 16.0. The summed E-state index contributed by atoms with van der Waals surface area (Å²) in [6.07, 6.45) is 22.8. The zero-order valence-electron chi connectivity index (χ0n) is 18.1. The minimum absolute atomic E-state index is 0.224. The summed E-state index contributed by atoms with van der Waals surface area (Å²) in [4.78, 5) is 0.224. The molecule has 4 heteroatoms. The molecule has 1 aromatic carbocycles. The van der Waals surface area contributed by atoms with Gasteiger partial charge in [-0.2, -0.15) is 0 Å². The fourth-order valence-corrected chi connectivity index (χ4v) is 4.34. The molecule has 0 aliphatic carbocycles. The first kappa shape index (κ1) is 25.2. The summed E-state index contributed by atoms with van der Waals surface area (Å²) in [5.41, 5.74) is 1.07. The molecule has 0 bridgehead atoms. The van der Waals surface area contributed by atoms with E-state index < -0.39 is 10.0 Å². The molecule has 0 saturated carbocycles. The quantitative estimate of drug-likeness (QED) is 0.262. The third-order valence-corrected chi connectivity index (χ3v) is 6.46. The molecule has 3 nitrogen and oxygen atoms in total. The third-order valence-electron chi connectivity index (χ3n) is 5.55. The molecule has 28 heavy (non-hydrogen) atoms. The van der Waals surface area contributed by atoms with Gasteiger partial charge in [-0.05, 0) is 30.5 Å². The van der Waals surface area contributed by atoms with Crippen molar-refractivity contribution in [1.29, 1.82) is 0 Å². The van der Waals surface area contributed by atoms with E-state index in [4.69, 9.17) is 5.14 Å². The molecule has 2 N–H and O–H groups in total. The number of nitrogens with two attached hydrogens (primary N) is 1. The average molecular weight is 410 g/mol. The first-order valence-corrected chi connectivity index (χ1v) is 13.2. The first-order chi connectivity index (χ1) is 13.5. The van der Waals surface area contributed by atoms with Crippen molar-refractivity contribution >= 4 is 10.0 Å². The Morgan fingerprint density at radius 3 is 1.54 bits per heavy atom. The summed E-state index contributed by atoms with van der Waals surface area (Å²) in [5, 5.41) is 5.19. The average Bonchev–Trinajstić information content (AvgIpc) is 2.67. The lowest BCUT2D eigenvalue weighted by Crippen LogP contribution is -2.12. The number of hydrogen-bond donors (Lipinski definition) is 1. The predicted molar refractivity (Wildman–Crippen MR) is 121 cm³/mol. The summed E-state index contributed by atoms with van der Waals surface area (Å²) in [7, 11) is -3.59. The van der Waals surface area contributed by atoms with Gasteiger partial charge >= 0.3 is 0 Å². The molecule has 1 aromatic rings. The van der Waals surface area contributed by atoms with E-state index in [-0.39, 0.29) is 4.90 Å².